The minimum atomic E-state index is -0.264. The van der Waals surface area contributed by atoms with E-state index in [9.17, 15) is 9.59 Å². The van der Waals surface area contributed by atoms with Crippen LogP contribution >= 0.6 is 0 Å². The number of para-hydroxylation sites is 1. The average Bonchev–Trinajstić information content (AvgIpc) is 2.66. The van der Waals surface area contributed by atoms with Gasteiger partial charge < -0.3 is 0 Å². The highest BCUT2D eigenvalue weighted by Gasteiger charge is 2.47. The third kappa shape index (κ3) is 2.99. The number of imide groups is 1. The first kappa shape index (κ1) is 16.8. The second kappa shape index (κ2) is 6.92. The molecule has 0 saturated carbocycles. The second-order valence-electron chi connectivity index (χ2n) is 7.05. The summed E-state index contributed by atoms with van der Waals surface area (Å²) in [6.07, 6.45) is 1.49. The monoisotopic (exact) mass is 349 g/mol. The Morgan fingerprint density at radius 1 is 1.08 bits per heavy atom. The van der Waals surface area contributed by atoms with Crippen LogP contribution in [-0.4, -0.2) is 29.5 Å². The van der Waals surface area contributed by atoms with E-state index in [2.05, 4.69) is 5.32 Å². The van der Waals surface area contributed by atoms with E-state index in [0.717, 1.165) is 36.2 Å². The number of aryl methyl sites for hydroxylation is 1. The van der Waals surface area contributed by atoms with Crippen LogP contribution in [0.2, 0.25) is 0 Å². The lowest BCUT2D eigenvalue weighted by molar-refractivity contribution is -0.136. The van der Waals surface area contributed by atoms with Crippen LogP contribution in [0.3, 0.4) is 0 Å². The van der Waals surface area contributed by atoms with Gasteiger partial charge in [-0.2, -0.15) is 0 Å². The van der Waals surface area contributed by atoms with Gasteiger partial charge >= 0.3 is 6.03 Å². The molecule has 134 valence electrons. The summed E-state index contributed by atoms with van der Waals surface area (Å²) in [5, 5.41) is 3.38. The van der Waals surface area contributed by atoms with Crippen LogP contribution in [-0.2, 0) is 11.3 Å². The number of hydrogen-bond donors (Lipinski definition) is 1. The number of urea groups is 1. The molecule has 4 rings (SSSR count). The lowest BCUT2D eigenvalue weighted by atomic mass is 9.91. The van der Waals surface area contributed by atoms with Gasteiger partial charge in [0.25, 0.3) is 0 Å². The summed E-state index contributed by atoms with van der Waals surface area (Å²) in [5.41, 5.74) is 2.92. The van der Waals surface area contributed by atoms with Crippen molar-refractivity contribution in [1.29, 1.82) is 0 Å². The lowest BCUT2D eigenvalue weighted by Gasteiger charge is -2.47. The van der Waals surface area contributed by atoms with E-state index < -0.39 is 0 Å². The Balaban J connectivity index is 1.70. The van der Waals surface area contributed by atoms with E-state index in [-0.39, 0.29) is 24.0 Å². The molecule has 2 aliphatic rings. The number of hydrogen-bond acceptors (Lipinski definition) is 3. The van der Waals surface area contributed by atoms with Crippen molar-refractivity contribution in [3.8, 4) is 0 Å². The highest BCUT2D eigenvalue weighted by atomic mass is 16.2. The summed E-state index contributed by atoms with van der Waals surface area (Å²) < 4.78 is 0. The molecule has 0 aliphatic carbocycles. The Bertz CT molecular complexity index is 821. The van der Waals surface area contributed by atoms with Crippen molar-refractivity contribution in [3.05, 3.63) is 65.7 Å². The fourth-order valence-corrected chi connectivity index (χ4v) is 3.94. The lowest BCUT2D eigenvalue weighted by Crippen LogP contribution is -2.67. The first-order chi connectivity index (χ1) is 12.6. The van der Waals surface area contributed by atoms with Crippen molar-refractivity contribution < 1.29 is 9.59 Å². The van der Waals surface area contributed by atoms with Crippen molar-refractivity contribution >= 4 is 17.6 Å². The molecule has 0 aromatic heterocycles. The molecule has 0 bridgehead atoms. The Labute approximate surface area is 153 Å². The fourth-order valence-electron chi connectivity index (χ4n) is 3.94. The van der Waals surface area contributed by atoms with E-state index in [1.165, 1.54) is 4.90 Å². The van der Waals surface area contributed by atoms with Gasteiger partial charge in [0, 0.05) is 5.69 Å². The molecule has 2 saturated heterocycles. The molecule has 0 spiro atoms. The standard InChI is InChI=1S/C21H23N3O2/c1-15-7-5-8-16(13-15)14-23-20(25)18-11-6-12-22-19(18)24(21(23)26)17-9-3-2-4-10-17/h2-5,7-10,13,18-19,22H,6,11-12,14H2,1H3. The molecule has 2 aromatic rings. The molecule has 0 radical (unpaired) electrons. The number of amides is 3. The normalized spacial score (nSPS) is 23.1. The maximum Gasteiger partial charge on any atom is 0.332 e. The van der Waals surface area contributed by atoms with Gasteiger partial charge in [-0.25, -0.2) is 4.79 Å². The van der Waals surface area contributed by atoms with Gasteiger partial charge in [-0.15, -0.1) is 0 Å². The van der Waals surface area contributed by atoms with E-state index in [1.54, 1.807) is 4.90 Å². The van der Waals surface area contributed by atoms with Crippen LogP contribution in [0.5, 0.6) is 0 Å². The average molecular weight is 349 g/mol. The summed E-state index contributed by atoms with van der Waals surface area (Å²) in [6.45, 7) is 3.15. The zero-order chi connectivity index (χ0) is 18.1. The van der Waals surface area contributed by atoms with Crippen molar-refractivity contribution in [2.45, 2.75) is 32.5 Å². The quantitative estimate of drug-likeness (QED) is 0.925. The SMILES string of the molecule is Cc1cccc(CN2C(=O)C3CCCNC3N(c3ccccc3)C2=O)c1. The summed E-state index contributed by atoms with van der Waals surface area (Å²) in [5.74, 6) is -0.271. The third-order valence-electron chi connectivity index (χ3n) is 5.18. The number of benzene rings is 2. The maximum absolute atomic E-state index is 13.3. The molecular formula is C21H23N3O2. The predicted molar refractivity (Wildman–Crippen MR) is 101 cm³/mol. The van der Waals surface area contributed by atoms with Gasteiger partial charge in [-0.1, -0.05) is 48.0 Å². The third-order valence-corrected chi connectivity index (χ3v) is 5.18. The number of rotatable bonds is 3. The molecule has 2 aliphatic heterocycles. The van der Waals surface area contributed by atoms with Crippen molar-refractivity contribution in [1.82, 2.24) is 10.2 Å². The zero-order valence-corrected chi connectivity index (χ0v) is 14.9. The van der Waals surface area contributed by atoms with E-state index in [1.807, 2.05) is 61.5 Å². The molecule has 3 amide bonds. The number of anilines is 1. The van der Waals surface area contributed by atoms with Crippen LogP contribution < -0.4 is 10.2 Å². The second-order valence-corrected chi connectivity index (χ2v) is 7.05. The van der Waals surface area contributed by atoms with Gasteiger partial charge in [0.15, 0.2) is 0 Å². The highest BCUT2D eigenvalue weighted by Crippen LogP contribution is 2.32. The Kier molecular flexibility index (Phi) is 4.47. The first-order valence-corrected chi connectivity index (χ1v) is 9.14. The molecule has 2 atom stereocenters. The van der Waals surface area contributed by atoms with Gasteiger partial charge in [0.2, 0.25) is 5.91 Å². The first-order valence-electron chi connectivity index (χ1n) is 9.14. The highest BCUT2D eigenvalue weighted by molar-refractivity contribution is 6.07. The van der Waals surface area contributed by atoms with E-state index >= 15 is 0 Å². The number of carbonyl (C=O) groups is 2. The summed E-state index contributed by atoms with van der Waals surface area (Å²) in [4.78, 5) is 29.5. The predicted octanol–water partition coefficient (Wildman–Crippen LogP) is 3.29. The topological polar surface area (TPSA) is 52.7 Å². The summed E-state index contributed by atoms with van der Waals surface area (Å²) in [6, 6.07) is 17.3. The number of nitrogens with one attached hydrogen (secondary N) is 1. The minimum absolute atomic E-state index is 0.0686. The molecule has 1 N–H and O–H groups in total. The van der Waals surface area contributed by atoms with Crippen LogP contribution in [0.4, 0.5) is 10.5 Å². The molecule has 2 heterocycles. The molecular weight excluding hydrogens is 326 g/mol. The Hall–Kier alpha value is -2.66. The van der Waals surface area contributed by atoms with Gasteiger partial charge in [0.1, 0.15) is 6.17 Å². The van der Waals surface area contributed by atoms with E-state index in [0.29, 0.717) is 6.54 Å². The number of carbonyl (C=O) groups excluding carboxylic acids is 2. The Morgan fingerprint density at radius 3 is 2.65 bits per heavy atom. The molecule has 2 unspecified atom stereocenters. The number of piperidine rings is 1. The summed E-state index contributed by atoms with van der Waals surface area (Å²) in [7, 11) is 0. The fraction of sp³-hybridized carbons (Fsp3) is 0.333. The largest absolute Gasteiger partial charge is 0.332 e. The maximum atomic E-state index is 13.3. The van der Waals surface area contributed by atoms with Gasteiger partial charge in [-0.05, 0) is 44.0 Å². The van der Waals surface area contributed by atoms with Gasteiger partial charge in [0.05, 0.1) is 12.5 Å². The molecule has 2 fully saturated rings. The molecule has 5 nitrogen and oxygen atoms in total. The van der Waals surface area contributed by atoms with Crippen LogP contribution in [0.1, 0.15) is 24.0 Å². The zero-order valence-electron chi connectivity index (χ0n) is 14.9. The number of fused-ring (bicyclic) bond motifs is 1. The minimum Gasteiger partial charge on any atom is -0.296 e. The molecule has 5 heteroatoms. The Morgan fingerprint density at radius 2 is 1.88 bits per heavy atom. The van der Waals surface area contributed by atoms with Crippen LogP contribution in [0, 0.1) is 12.8 Å². The van der Waals surface area contributed by atoms with Crippen molar-refractivity contribution in [2.75, 3.05) is 11.4 Å². The van der Waals surface area contributed by atoms with Crippen molar-refractivity contribution in [2.24, 2.45) is 5.92 Å². The van der Waals surface area contributed by atoms with Crippen LogP contribution in [0.25, 0.3) is 0 Å². The molecule has 2 aromatic carbocycles. The number of nitrogens with zero attached hydrogens (tertiary/aromatic N) is 2. The van der Waals surface area contributed by atoms with E-state index in [4.69, 9.17) is 0 Å². The summed E-state index contributed by atoms with van der Waals surface area (Å²) >= 11 is 0. The molecule has 26 heavy (non-hydrogen) atoms. The van der Waals surface area contributed by atoms with Crippen molar-refractivity contribution in [3.63, 3.8) is 0 Å². The smallest absolute Gasteiger partial charge is 0.296 e. The van der Waals surface area contributed by atoms with Gasteiger partial charge in [-0.3, -0.25) is 19.9 Å². The van der Waals surface area contributed by atoms with Crippen LogP contribution in [0.15, 0.2) is 54.6 Å².